The summed E-state index contributed by atoms with van der Waals surface area (Å²) >= 11 is 5.45. The molecule has 1 aromatic carbocycles. The fraction of sp³-hybridized carbons (Fsp3) is 0.429. The normalized spacial score (nSPS) is 23.4. The van der Waals surface area contributed by atoms with Gasteiger partial charge in [0, 0.05) is 6.54 Å². The lowest BCUT2D eigenvalue weighted by molar-refractivity contribution is -0.129. The first-order valence-electron chi connectivity index (χ1n) is 6.43. The molecule has 0 saturated carbocycles. The first-order chi connectivity index (χ1) is 8.77. The van der Waals surface area contributed by atoms with Crippen molar-refractivity contribution in [1.82, 2.24) is 9.80 Å². The van der Waals surface area contributed by atoms with Crippen LogP contribution in [0.2, 0.25) is 0 Å². The van der Waals surface area contributed by atoms with Gasteiger partial charge < -0.3 is 4.90 Å². The number of hydrogen-bond acceptors (Lipinski definition) is 2. The zero-order valence-electron chi connectivity index (χ0n) is 10.2. The average Bonchev–Trinajstić information content (AvgIpc) is 2.66. The minimum absolute atomic E-state index is 0.00922. The second-order valence-corrected chi connectivity index (χ2v) is 5.26. The molecule has 0 bridgehead atoms. The molecule has 18 heavy (non-hydrogen) atoms. The average molecular weight is 260 g/mol. The number of carbonyl (C=O) groups excluding carboxylic acids is 1. The Labute approximate surface area is 112 Å². The highest BCUT2D eigenvalue weighted by molar-refractivity contribution is 7.80. The topological polar surface area (TPSA) is 23.6 Å². The van der Waals surface area contributed by atoms with Crippen LogP contribution in [-0.2, 0) is 11.3 Å². The highest BCUT2D eigenvalue weighted by Crippen LogP contribution is 2.27. The lowest BCUT2D eigenvalue weighted by Gasteiger charge is -2.27. The molecule has 2 heterocycles. The van der Waals surface area contributed by atoms with Gasteiger partial charge >= 0.3 is 0 Å². The first-order valence-corrected chi connectivity index (χ1v) is 6.84. The molecule has 2 saturated heterocycles. The van der Waals surface area contributed by atoms with E-state index in [0.29, 0.717) is 11.7 Å². The third kappa shape index (κ3) is 1.90. The third-order valence-electron chi connectivity index (χ3n) is 3.71. The minimum Gasteiger partial charge on any atom is -0.337 e. The molecule has 3 rings (SSSR count). The molecule has 0 N–H and O–H groups in total. The van der Waals surface area contributed by atoms with E-state index in [0.717, 1.165) is 31.4 Å². The molecule has 1 atom stereocenters. The molecule has 1 aromatic rings. The van der Waals surface area contributed by atoms with E-state index < -0.39 is 0 Å². The smallest absolute Gasteiger partial charge is 0.251 e. The maximum Gasteiger partial charge on any atom is 0.251 e. The van der Waals surface area contributed by atoms with Crippen LogP contribution in [0.1, 0.15) is 24.8 Å². The SMILES string of the molecule is O=C1[C@@H]2CCCCN2C(=S)N1Cc1ccccc1. The van der Waals surface area contributed by atoms with Crippen molar-refractivity contribution in [3.05, 3.63) is 35.9 Å². The monoisotopic (exact) mass is 260 g/mol. The van der Waals surface area contributed by atoms with Crippen LogP contribution in [-0.4, -0.2) is 33.4 Å². The van der Waals surface area contributed by atoms with Crippen LogP contribution in [0.4, 0.5) is 0 Å². The minimum atomic E-state index is 0.00922. The van der Waals surface area contributed by atoms with Gasteiger partial charge in [-0.3, -0.25) is 9.69 Å². The van der Waals surface area contributed by atoms with Gasteiger partial charge in [0.05, 0.1) is 6.54 Å². The van der Waals surface area contributed by atoms with Gasteiger partial charge in [-0.15, -0.1) is 0 Å². The number of rotatable bonds is 2. The number of carbonyl (C=O) groups is 1. The second-order valence-electron chi connectivity index (χ2n) is 4.90. The Hall–Kier alpha value is -1.42. The fourth-order valence-corrected chi connectivity index (χ4v) is 3.13. The fourth-order valence-electron chi connectivity index (χ4n) is 2.76. The van der Waals surface area contributed by atoms with Gasteiger partial charge in [0.15, 0.2) is 5.11 Å². The molecule has 1 amide bonds. The lowest BCUT2D eigenvalue weighted by atomic mass is 10.0. The van der Waals surface area contributed by atoms with E-state index in [2.05, 4.69) is 4.90 Å². The maximum absolute atomic E-state index is 12.4. The molecular formula is C14H16N2OS. The summed E-state index contributed by atoms with van der Waals surface area (Å²) in [6.45, 7) is 1.53. The highest BCUT2D eigenvalue weighted by atomic mass is 32.1. The Balaban J connectivity index is 1.80. The molecule has 0 aromatic heterocycles. The van der Waals surface area contributed by atoms with E-state index in [4.69, 9.17) is 12.2 Å². The number of nitrogens with zero attached hydrogens (tertiary/aromatic N) is 2. The van der Waals surface area contributed by atoms with Gasteiger partial charge in [0.1, 0.15) is 6.04 Å². The zero-order chi connectivity index (χ0) is 12.5. The van der Waals surface area contributed by atoms with Gasteiger partial charge in [-0.2, -0.15) is 0 Å². The van der Waals surface area contributed by atoms with Crippen LogP contribution in [0.3, 0.4) is 0 Å². The summed E-state index contributed by atoms with van der Waals surface area (Å²) in [5.41, 5.74) is 1.13. The summed E-state index contributed by atoms with van der Waals surface area (Å²) in [5, 5.41) is 0.716. The van der Waals surface area contributed by atoms with E-state index in [9.17, 15) is 4.79 Å². The summed E-state index contributed by atoms with van der Waals surface area (Å²) in [7, 11) is 0. The van der Waals surface area contributed by atoms with Gasteiger partial charge in [0.2, 0.25) is 0 Å². The molecule has 3 nitrogen and oxygen atoms in total. The molecule has 2 fully saturated rings. The van der Waals surface area contributed by atoms with Crippen molar-refractivity contribution in [2.45, 2.75) is 31.8 Å². The van der Waals surface area contributed by atoms with Crippen LogP contribution in [0.5, 0.6) is 0 Å². The number of thiocarbonyl (C=S) groups is 1. The van der Waals surface area contributed by atoms with Gasteiger partial charge in [-0.25, -0.2) is 0 Å². The van der Waals surface area contributed by atoms with Crippen molar-refractivity contribution in [3.63, 3.8) is 0 Å². The lowest BCUT2D eigenvalue weighted by Crippen LogP contribution is -2.38. The molecule has 2 aliphatic heterocycles. The van der Waals surface area contributed by atoms with E-state index in [1.807, 2.05) is 30.3 Å². The molecule has 4 heteroatoms. The van der Waals surface area contributed by atoms with Crippen LogP contribution in [0.25, 0.3) is 0 Å². The molecule has 0 radical (unpaired) electrons. The Morgan fingerprint density at radius 3 is 2.72 bits per heavy atom. The number of benzene rings is 1. The number of amides is 1. The van der Waals surface area contributed by atoms with E-state index in [-0.39, 0.29) is 11.9 Å². The zero-order valence-corrected chi connectivity index (χ0v) is 11.0. The summed E-state index contributed by atoms with van der Waals surface area (Å²) in [6, 6.07) is 10.0. The van der Waals surface area contributed by atoms with Crippen LogP contribution >= 0.6 is 12.2 Å². The Kier molecular flexibility index (Phi) is 3.04. The van der Waals surface area contributed by atoms with E-state index in [1.165, 1.54) is 0 Å². The van der Waals surface area contributed by atoms with Crippen molar-refractivity contribution >= 4 is 23.2 Å². The predicted octanol–water partition coefficient (Wildman–Crippen LogP) is 2.17. The van der Waals surface area contributed by atoms with Crippen molar-refractivity contribution in [2.75, 3.05) is 6.54 Å². The van der Waals surface area contributed by atoms with Gasteiger partial charge in [-0.05, 0) is 37.0 Å². The van der Waals surface area contributed by atoms with E-state index in [1.54, 1.807) is 4.90 Å². The Morgan fingerprint density at radius 1 is 1.22 bits per heavy atom. The van der Waals surface area contributed by atoms with Crippen LogP contribution in [0.15, 0.2) is 30.3 Å². The number of hydrogen-bond donors (Lipinski definition) is 0. The van der Waals surface area contributed by atoms with Crippen LogP contribution in [0, 0.1) is 0 Å². The van der Waals surface area contributed by atoms with Crippen LogP contribution < -0.4 is 0 Å². The molecule has 0 unspecified atom stereocenters. The van der Waals surface area contributed by atoms with Gasteiger partial charge in [-0.1, -0.05) is 30.3 Å². The standard InChI is InChI=1S/C14H16N2OS/c17-13-12-8-4-5-9-15(12)14(18)16(13)10-11-6-2-1-3-7-11/h1-3,6-7,12H,4-5,8-10H2/t12-/m0/s1. The first kappa shape index (κ1) is 11.7. The van der Waals surface area contributed by atoms with Crippen molar-refractivity contribution in [1.29, 1.82) is 0 Å². The molecule has 2 aliphatic rings. The Morgan fingerprint density at radius 2 is 2.00 bits per heavy atom. The summed E-state index contributed by atoms with van der Waals surface area (Å²) in [5.74, 6) is 0.184. The quantitative estimate of drug-likeness (QED) is 0.761. The summed E-state index contributed by atoms with van der Waals surface area (Å²) in [6.07, 6.45) is 3.22. The highest BCUT2D eigenvalue weighted by Gasteiger charge is 2.42. The summed E-state index contributed by atoms with van der Waals surface area (Å²) in [4.78, 5) is 16.2. The molecular weight excluding hydrogens is 244 g/mol. The molecule has 94 valence electrons. The second kappa shape index (κ2) is 4.69. The van der Waals surface area contributed by atoms with Crippen molar-refractivity contribution in [2.24, 2.45) is 0 Å². The summed E-state index contributed by atoms with van der Waals surface area (Å²) < 4.78 is 0. The van der Waals surface area contributed by atoms with Crippen molar-refractivity contribution < 1.29 is 4.79 Å². The predicted molar refractivity (Wildman–Crippen MR) is 73.9 cm³/mol. The Bertz CT molecular complexity index is 450. The number of piperidine rings is 1. The molecule has 0 spiro atoms. The van der Waals surface area contributed by atoms with Crippen molar-refractivity contribution in [3.8, 4) is 0 Å². The van der Waals surface area contributed by atoms with E-state index >= 15 is 0 Å². The van der Waals surface area contributed by atoms with Gasteiger partial charge in [0.25, 0.3) is 5.91 Å². The largest absolute Gasteiger partial charge is 0.337 e. The third-order valence-corrected chi connectivity index (χ3v) is 4.17. The molecule has 0 aliphatic carbocycles. The number of fused-ring (bicyclic) bond motifs is 1. The maximum atomic E-state index is 12.4.